The third kappa shape index (κ3) is 2.80. The normalized spacial score (nSPS) is 11.6. The van der Waals surface area contributed by atoms with Crippen LogP contribution in [-0.2, 0) is 10.7 Å². The Labute approximate surface area is 144 Å². The fourth-order valence-corrected chi connectivity index (χ4v) is 3.16. The fourth-order valence-electron chi connectivity index (χ4n) is 2.81. The minimum Gasteiger partial charge on any atom is -0.459 e. The molecule has 0 amide bonds. The number of halogens is 1. The van der Waals surface area contributed by atoms with E-state index < -0.39 is 0 Å². The number of nitriles is 1. The van der Waals surface area contributed by atoms with Crippen LogP contribution in [0.5, 0.6) is 0 Å². The van der Waals surface area contributed by atoms with Crippen molar-refractivity contribution < 1.29 is 4.42 Å². The van der Waals surface area contributed by atoms with Gasteiger partial charge in [0.2, 0.25) is 0 Å². The lowest BCUT2D eigenvalue weighted by Gasteiger charge is -2.15. The first-order chi connectivity index (χ1) is 11.0. The summed E-state index contributed by atoms with van der Waals surface area (Å²) in [4.78, 5) is 0. The Bertz CT molecular complexity index is 910. The van der Waals surface area contributed by atoms with Crippen LogP contribution in [0.1, 0.15) is 37.7 Å². The number of alkyl halides is 1. The van der Waals surface area contributed by atoms with Crippen molar-refractivity contribution in [3.63, 3.8) is 0 Å². The molecule has 0 bridgehead atoms. The maximum atomic E-state index is 9.40. The molecule has 0 unspecified atom stereocenters. The highest BCUT2D eigenvalue weighted by Crippen LogP contribution is 2.40. The van der Waals surface area contributed by atoms with E-state index in [2.05, 4.69) is 61.0 Å². The van der Waals surface area contributed by atoms with Gasteiger partial charge in [-0.2, -0.15) is 5.26 Å². The Balaban J connectivity index is 2.37. The third-order valence-corrected chi connectivity index (χ3v) is 4.55. The van der Waals surface area contributed by atoms with Crippen LogP contribution in [0.15, 0.2) is 46.9 Å². The summed E-state index contributed by atoms with van der Waals surface area (Å²) in [7, 11) is 0. The standard InChI is InChI=1S/C20H18BrNO/c1-20(2,3)19-17-10-13(11-21)8-9-16(17)18(23-19)15-7-5-4-6-14(15)12-22/h4-10H,11H2,1-3H3. The lowest BCUT2D eigenvalue weighted by atomic mass is 9.90. The molecule has 116 valence electrons. The van der Waals surface area contributed by atoms with Gasteiger partial charge < -0.3 is 4.42 Å². The smallest absolute Gasteiger partial charge is 0.143 e. The Kier molecular flexibility index (Phi) is 4.04. The molecule has 0 saturated heterocycles. The van der Waals surface area contributed by atoms with Gasteiger partial charge in [0.15, 0.2) is 0 Å². The van der Waals surface area contributed by atoms with Gasteiger partial charge in [-0.3, -0.25) is 0 Å². The first-order valence-corrected chi connectivity index (χ1v) is 8.69. The van der Waals surface area contributed by atoms with Gasteiger partial charge in [0.25, 0.3) is 0 Å². The summed E-state index contributed by atoms with van der Waals surface area (Å²) < 4.78 is 6.29. The number of nitrogens with zero attached hydrogens (tertiary/aromatic N) is 1. The zero-order valence-electron chi connectivity index (χ0n) is 13.5. The molecule has 1 aromatic heterocycles. The average molecular weight is 368 g/mol. The number of benzene rings is 2. The summed E-state index contributed by atoms with van der Waals surface area (Å²) in [5.41, 5.74) is 2.59. The summed E-state index contributed by atoms with van der Waals surface area (Å²) in [5.74, 6) is 1.74. The molecule has 3 rings (SSSR count). The molecule has 0 N–H and O–H groups in total. The van der Waals surface area contributed by atoms with Crippen molar-refractivity contribution in [3.05, 3.63) is 59.4 Å². The SMILES string of the molecule is CC(C)(C)c1oc(-c2ccccc2C#N)c2ccc(CBr)cc12. The lowest BCUT2D eigenvalue weighted by molar-refractivity contribution is 0.422. The number of fused-ring (bicyclic) bond motifs is 1. The average Bonchev–Trinajstić information content (AvgIpc) is 2.93. The summed E-state index contributed by atoms with van der Waals surface area (Å²) in [6.45, 7) is 6.43. The van der Waals surface area contributed by atoms with Crippen LogP contribution in [0, 0.1) is 11.3 Å². The second kappa shape index (κ2) is 5.86. The second-order valence-electron chi connectivity index (χ2n) is 6.68. The Morgan fingerprint density at radius 2 is 1.83 bits per heavy atom. The summed E-state index contributed by atoms with van der Waals surface area (Å²) in [6, 6.07) is 16.2. The van der Waals surface area contributed by atoms with Crippen LogP contribution in [0.3, 0.4) is 0 Å². The van der Waals surface area contributed by atoms with Crippen LogP contribution in [0.25, 0.3) is 22.1 Å². The van der Waals surface area contributed by atoms with Crippen molar-refractivity contribution >= 4 is 26.7 Å². The van der Waals surface area contributed by atoms with Gasteiger partial charge >= 0.3 is 0 Å². The minimum atomic E-state index is -0.108. The van der Waals surface area contributed by atoms with Gasteiger partial charge in [-0.25, -0.2) is 0 Å². The second-order valence-corrected chi connectivity index (χ2v) is 7.24. The minimum absolute atomic E-state index is 0.108. The molecule has 1 heterocycles. The quantitative estimate of drug-likeness (QED) is 0.508. The van der Waals surface area contributed by atoms with E-state index in [0.717, 1.165) is 33.2 Å². The zero-order chi connectivity index (χ0) is 16.6. The maximum absolute atomic E-state index is 9.40. The van der Waals surface area contributed by atoms with E-state index in [1.807, 2.05) is 24.3 Å². The largest absolute Gasteiger partial charge is 0.459 e. The molecule has 0 radical (unpaired) electrons. The van der Waals surface area contributed by atoms with Crippen molar-refractivity contribution in [3.8, 4) is 17.4 Å². The molecule has 0 aliphatic carbocycles. The molecule has 0 spiro atoms. The van der Waals surface area contributed by atoms with E-state index in [-0.39, 0.29) is 5.41 Å². The molecule has 0 aliphatic rings. The highest BCUT2D eigenvalue weighted by atomic mass is 79.9. The highest BCUT2D eigenvalue weighted by molar-refractivity contribution is 9.08. The Morgan fingerprint density at radius 1 is 1.09 bits per heavy atom. The fraction of sp³-hybridized carbons (Fsp3) is 0.250. The molecule has 3 heteroatoms. The van der Waals surface area contributed by atoms with Crippen molar-refractivity contribution in [2.75, 3.05) is 0 Å². The van der Waals surface area contributed by atoms with Gasteiger partial charge in [-0.05, 0) is 23.8 Å². The maximum Gasteiger partial charge on any atom is 0.143 e. The van der Waals surface area contributed by atoms with E-state index in [1.54, 1.807) is 0 Å². The number of hydrogen-bond donors (Lipinski definition) is 0. The summed E-state index contributed by atoms with van der Waals surface area (Å²) >= 11 is 3.52. The van der Waals surface area contributed by atoms with Crippen molar-refractivity contribution in [2.45, 2.75) is 31.5 Å². The summed E-state index contributed by atoms with van der Waals surface area (Å²) in [5, 5.41) is 12.4. The van der Waals surface area contributed by atoms with Crippen LogP contribution < -0.4 is 0 Å². The Morgan fingerprint density at radius 3 is 2.48 bits per heavy atom. The van der Waals surface area contributed by atoms with E-state index in [4.69, 9.17) is 4.42 Å². The molecule has 0 fully saturated rings. The molecule has 3 aromatic rings. The number of furan rings is 1. The molecular weight excluding hydrogens is 350 g/mol. The molecular formula is C20H18BrNO. The van der Waals surface area contributed by atoms with Gasteiger partial charge in [0, 0.05) is 27.1 Å². The van der Waals surface area contributed by atoms with Crippen molar-refractivity contribution in [2.24, 2.45) is 0 Å². The zero-order valence-corrected chi connectivity index (χ0v) is 15.1. The molecule has 23 heavy (non-hydrogen) atoms. The predicted octanol–water partition coefficient (Wildman–Crippen LogP) is 6.16. The van der Waals surface area contributed by atoms with Gasteiger partial charge in [0.1, 0.15) is 11.5 Å². The molecule has 0 saturated carbocycles. The monoisotopic (exact) mass is 367 g/mol. The van der Waals surface area contributed by atoms with Crippen LogP contribution in [-0.4, -0.2) is 0 Å². The molecule has 2 nitrogen and oxygen atoms in total. The van der Waals surface area contributed by atoms with E-state index in [1.165, 1.54) is 5.56 Å². The van der Waals surface area contributed by atoms with E-state index in [0.29, 0.717) is 5.56 Å². The predicted molar refractivity (Wildman–Crippen MR) is 97.7 cm³/mol. The van der Waals surface area contributed by atoms with E-state index in [9.17, 15) is 5.26 Å². The number of hydrogen-bond acceptors (Lipinski definition) is 2. The van der Waals surface area contributed by atoms with Crippen LogP contribution in [0.2, 0.25) is 0 Å². The van der Waals surface area contributed by atoms with Crippen LogP contribution in [0.4, 0.5) is 0 Å². The van der Waals surface area contributed by atoms with Gasteiger partial charge in [-0.1, -0.05) is 61.0 Å². The molecule has 0 atom stereocenters. The Hall–Kier alpha value is -2.05. The topological polar surface area (TPSA) is 36.9 Å². The molecule has 0 aliphatic heterocycles. The van der Waals surface area contributed by atoms with Crippen molar-refractivity contribution in [1.82, 2.24) is 0 Å². The first-order valence-electron chi connectivity index (χ1n) is 7.57. The summed E-state index contributed by atoms with van der Waals surface area (Å²) in [6.07, 6.45) is 0. The molecule has 2 aromatic carbocycles. The number of rotatable bonds is 2. The highest BCUT2D eigenvalue weighted by Gasteiger charge is 2.25. The van der Waals surface area contributed by atoms with Gasteiger partial charge in [0.05, 0.1) is 11.6 Å². The van der Waals surface area contributed by atoms with Gasteiger partial charge in [-0.15, -0.1) is 0 Å². The van der Waals surface area contributed by atoms with E-state index >= 15 is 0 Å². The lowest BCUT2D eigenvalue weighted by Crippen LogP contribution is -2.09. The van der Waals surface area contributed by atoms with Crippen LogP contribution >= 0.6 is 15.9 Å². The van der Waals surface area contributed by atoms with Crippen molar-refractivity contribution in [1.29, 1.82) is 5.26 Å². The first kappa shape index (κ1) is 15.8. The third-order valence-electron chi connectivity index (χ3n) is 3.90.